The molecule has 1 aromatic carbocycles. The summed E-state index contributed by atoms with van der Waals surface area (Å²) in [5, 5.41) is 0. The van der Waals surface area contributed by atoms with E-state index in [0.29, 0.717) is 26.6 Å². The van der Waals surface area contributed by atoms with Gasteiger partial charge in [0.05, 0.1) is 19.8 Å². The fraction of sp³-hybridized carbons (Fsp3) is 0.357. The second kappa shape index (κ2) is 6.66. The van der Waals surface area contributed by atoms with Crippen molar-refractivity contribution in [2.24, 2.45) is 0 Å². The van der Waals surface area contributed by atoms with Crippen LogP contribution in [0.4, 0.5) is 0 Å². The summed E-state index contributed by atoms with van der Waals surface area (Å²) < 4.78 is 19.5. The highest BCUT2D eigenvalue weighted by molar-refractivity contribution is 14.1. The number of nitrogens with zero attached hydrogens (tertiary/aromatic N) is 2. The van der Waals surface area contributed by atoms with Crippen LogP contribution in [-0.2, 0) is 27.5 Å². The molecule has 3 rings (SSSR count). The molecule has 1 saturated heterocycles. The monoisotopic (exact) mass is 386 g/mol. The van der Waals surface area contributed by atoms with Crippen molar-refractivity contribution in [1.82, 2.24) is 9.55 Å². The summed E-state index contributed by atoms with van der Waals surface area (Å²) in [6.07, 6.45) is 1.56. The van der Waals surface area contributed by atoms with Crippen LogP contribution >= 0.6 is 22.6 Å². The maximum atomic E-state index is 5.73. The molecule has 1 aliphatic rings. The minimum absolute atomic E-state index is 0.376. The predicted octanol–water partition coefficient (Wildman–Crippen LogP) is 2.71. The van der Waals surface area contributed by atoms with E-state index < -0.39 is 0 Å². The van der Waals surface area contributed by atoms with Crippen LogP contribution < -0.4 is 0 Å². The Morgan fingerprint density at radius 2 is 2.00 bits per heavy atom. The molecular weight excluding hydrogens is 371 g/mol. The van der Waals surface area contributed by atoms with Crippen LogP contribution in [0.5, 0.6) is 0 Å². The number of benzene rings is 1. The third kappa shape index (κ3) is 3.38. The lowest BCUT2D eigenvalue weighted by atomic mass is 10.2. The summed E-state index contributed by atoms with van der Waals surface area (Å²) in [5.41, 5.74) is 1.15. The summed E-state index contributed by atoms with van der Waals surface area (Å²) in [5.74, 6) is 0.764. The molecule has 0 spiro atoms. The minimum atomic E-state index is -0.376. The van der Waals surface area contributed by atoms with Crippen LogP contribution in [0.1, 0.15) is 17.7 Å². The van der Waals surface area contributed by atoms with Crippen molar-refractivity contribution < 1.29 is 14.2 Å². The SMILES string of the molecule is Ic1cn(COCc2ccccc2)c(C2OCCO2)n1. The smallest absolute Gasteiger partial charge is 0.217 e. The summed E-state index contributed by atoms with van der Waals surface area (Å²) in [7, 11) is 0. The Balaban J connectivity index is 1.62. The second-order valence-electron chi connectivity index (χ2n) is 4.43. The molecule has 20 heavy (non-hydrogen) atoms. The van der Waals surface area contributed by atoms with E-state index in [0.717, 1.165) is 15.1 Å². The van der Waals surface area contributed by atoms with Crippen molar-refractivity contribution >= 4 is 22.6 Å². The molecule has 0 saturated carbocycles. The number of aromatic nitrogens is 2. The molecule has 0 radical (unpaired) electrons. The van der Waals surface area contributed by atoms with Crippen LogP contribution in [0.25, 0.3) is 0 Å². The molecule has 0 aliphatic carbocycles. The molecule has 1 aliphatic heterocycles. The molecule has 0 bridgehead atoms. The maximum Gasteiger partial charge on any atom is 0.217 e. The van der Waals surface area contributed by atoms with E-state index in [9.17, 15) is 0 Å². The molecule has 0 atom stereocenters. The van der Waals surface area contributed by atoms with Crippen molar-refractivity contribution in [2.45, 2.75) is 19.6 Å². The zero-order valence-electron chi connectivity index (χ0n) is 10.9. The lowest BCUT2D eigenvalue weighted by Crippen LogP contribution is -2.11. The first-order chi connectivity index (χ1) is 9.83. The molecule has 2 aromatic rings. The van der Waals surface area contributed by atoms with Crippen molar-refractivity contribution in [3.8, 4) is 0 Å². The Kier molecular flexibility index (Phi) is 4.66. The molecule has 106 valence electrons. The Bertz CT molecular complexity index is 553. The molecule has 0 unspecified atom stereocenters. The number of ether oxygens (including phenoxy) is 3. The van der Waals surface area contributed by atoms with E-state index >= 15 is 0 Å². The van der Waals surface area contributed by atoms with Gasteiger partial charge in [-0.25, -0.2) is 4.98 Å². The Morgan fingerprint density at radius 1 is 1.25 bits per heavy atom. The van der Waals surface area contributed by atoms with E-state index in [4.69, 9.17) is 14.2 Å². The molecule has 6 heteroatoms. The number of hydrogen-bond donors (Lipinski definition) is 0. The van der Waals surface area contributed by atoms with Gasteiger partial charge in [0.2, 0.25) is 6.29 Å². The van der Waals surface area contributed by atoms with E-state index in [1.807, 2.05) is 41.1 Å². The van der Waals surface area contributed by atoms with Crippen molar-refractivity contribution in [3.05, 3.63) is 51.6 Å². The third-order valence-corrected chi connectivity index (χ3v) is 3.47. The molecule has 2 heterocycles. The topological polar surface area (TPSA) is 45.5 Å². The normalized spacial score (nSPS) is 15.8. The third-order valence-electron chi connectivity index (χ3n) is 2.95. The van der Waals surface area contributed by atoms with E-state index in [2.05, 4.69) is 27.6 Å². The molecule has 1 fully saturated rings. The zero-order chi connectivity index (χ0) is 13.8. The Morgan fingerprint density at radius 3 is 2.75 bits per heavy atom. The van der Waals surface area contributed by atoms with E-state index in [1.165, 1.54) is 0 Å². The average Bonchev–Trinajstić information content (AvgIpc) is 3.09. The summed E-state index contributed by atoms with van der Waals surface area (Å²) in [4.78, 5) is 4.44. The first-order valence-corrected chi connectivity index (χ1v) is 7.48. The van der Waals surface area contributed by atoms with Crippen molar-refractivity contribution in [3.63, 3.8) is 0 Å². The van der Waals surface area contributed by atoms with Gasteiger partial charge in [0.15, 0.2) is 5.82 Å². The summed E-state index contributed by atoms with van der Waals surface area (Å²) in [6.45, 7) is 2.23. The Labute approximate surface area is 131 Å². The van der Waals surface area contributed by atoms with Gasteiger partial charge in [-0.15, -0.1) is 0 Å². The molecule has 0 N–H and O–H groups in total. The van der Waals surface area contributed by atoms with Gasteiger partial charge in [-0.05, 0) is 28.2 Å². The van der Waals surface area contributed by atoms with Gasteiger partial charge < -0.3 is 18.8 Å². The van der Waals surface area contributed by atoms with Gasteiger partial charge in [0.1, 0.15) is 10.4 Å². The zero-order valence-corrected chi connectivity index (χ0v) is 13.0. The molecule has 1 aromatic heterocycles. The van der Waals surface area contributed by atoms with Gasteiger partial charge in [-0.3, -0.25) is 0 Å². The first-order valence-electron chi connectivity index (χ1n) is 6.40. The number of imidazole rings is 1. The van der Waals surface area contributed by atoms with Crippen molar-refractivity contribution in [1.29, 1.82) is 0 Å². The van der Waals surface area contributed by atoms with Gasteiger partial charge in [0.25, 0.3) is 0 Å². The standard InChI is InChI=1S/C14H15IN2O3/c15-12-8-17(13(16-12)14-19-6-7-20-14)10-18-9-11-4-2-1-3-5-11/h1-5,8,14H,6-7,9-10H2. The fourth-order valence-electron chi connectivity index (χ4n) is 2.03. The summed E-state index contributed by atoms with van der Waals surface area (Å²) >= 11 is 2.18. The minimum Gasteiger partial charge on any atom is -0.356 e. The predicted molar refractivity (Wildman–Crippen MR) is 80.8 cm³/mol. The highest BCUT2D eigenvalue weighted by Crippen LogP contribution is 2.23. The largest absolute Gasteiger partial charge is 0.356 e. The van der Waals surface area contributed by atoms with Crippen LogP contribution in [0.2, 0.25) is 0 Å². The average molecular weight is 386 g/mol. The number of halogens is 1. The molecule has 5 nitrogen and oxygen atoms in total. The highest BCUT2D eigenvalue weighted by Gasteiger charge is 2.24. The highest BCUT2D eigenvalue weighted by atomic mass is 127. The van der Waals surface area contributed by atoms with Gasteiger partial charge in [0, 0.05) is 6.20 Å². The van der Waals surface area contributed by atoms with Crippen LogP contribution in [0, 0.1) is 3.70 Å². The lowest BCUT2D eigenvalue weighted by molar-refractivity contribution is -0.0579. The van der Waals surface area contributed by atoms with Crippen LogP contribution in [0.15, 0.2) is 36.5 Å². The van der Waals surface area contributed by atoms with E-state index in [-0.39, 0.29) is 6.29 Å². The fourth-order valence-corrected chi connectivity index (χ4v) is 2.62. The van der Waals surface area contributed by atoms with Crippen molar-refractivity contribution in [2.75, 3.05) is 13.2 Å². The quantitative estimate of drug-likeness (QED) is 0.742. The summed E-state index contributed by atoms with van der Waals surface area (Å²) in [6, 6.07) is 10.1. The maximum absolute atomic E-state index is 5.73. The lowest BCUT2D eigenvalue weighted by Gasteiger charge is -2.12. The Hall–Kier alpha value is -0.960. The first kappa shape index (κ1) is 14.0. The van der Waals surface area contributed by atoms with E-state index in [1.54, 1.807) is 0 Å². The number of hydrogen-bond acceptors (Lipinski definition) is 4. The van der Waals surface area contributed by atoms with Gasteiger partial charge in [-0.1, -0.05) is 30.3 Å². The second-order valence-corrected chi connectivity index (χ2v) is 5.53. The van der Waals surface area contributed by atoms with Crippen LogP contribution in [-0.4, -0.2) is 22.8 Å². The van der Waals surface area contributed by atoms with Gasteiger partial charge >= 0.3 is 0 Å². The molecule has 0 amide bonds. The van der Waals surface area contributed by atoms with Crippen LogP contribution in [0.3, 0.4) is 0 Å². The molecular formula is C14H15IN2O3. The van der Waals surface area contributed by atoms with Gasteiger partial charge in [-0.2, -0.15) is 0 Å². The number of rotatable bonds is 5.